The Kier molecular flexibility index (Phi) is 4.59. The minimum Gasteiger partial charge on any atom is -0.355 e. The van der Waals surface area contributed by atoms with Crippen LogP contribution in [-0.4, -0.2) is 5.66 Å². The predicted octanol–water partition coefficient (Wildman–Crippen LogP) is 8.24. The molecule has 4 aromatic rings. The van der Waals surface area contributed by atoms with Gasteiger partial charge in [0.1, 0.15) is 0 Å². The molecular formula is C32H24NOP. The second-order valence-electron chi connectivity index (χ2n) is 9.32. The van der Waals surface area contributed by atoms with E-state index in [9.17, 15) is 0 Å². The Labute approximate surface area is 205 Å². The van der Waals surface area contributed by atoms with Gasteiger partial charge < -0.3 is 9.88 Å². The van der Waals surface area contributed by atoms with Gasteiger partial charge in [0, 0.05) is 38.8 Å². The molecule has 1 aliphatic carbocycles. The van der Waals surface area contributed by atoms with Gasteiger partial charge in [0.25, 0.3) is 0 Å². The van der Waals surface area contributed by atoms with Crippen molar-refractivity contribution in [3.05, 3.63) is 138 Å². The standard InChI is InChI=1S/C32H24NOP/c34-35(24-14-10-13-23(21-24)22-11-2-1-3-12-22)30-20-9-6-17-27(30)31-25-15-4-7-18-28(25)33-29-19-8-5-16-26(29)32(31)35/h1-19,21,30,33H,20H2. The molecule has 0 radical (unpaired) electrons. The first-order valence-electron chi connectivity index (χ1n) is 12.1. The topological polar surface area (TPSA) is 29.1 Å². The van der Waals surface area contributed by atoms with Crippen molar-refractivity contribution in [1.29, 1.82) is 0 Å². The summed E-state index contributed by atoms with van der Waals surface area (Å²) in [6, 6.07) is 35.5. The monoisotopic (exact) mass is 469 g/mol. The van der Waals surface area contributed by atoms with Crippen molar-refractivity contribution < 1.29 is 4.57 Å². The molecule has 1 N–H and O–H groups in total. The van der Waals surface area contributed by atoms with Crippen molar-refractivity contribution in [2.45, 2.75) is 12.1 Å². The fourth-order valence-electron chi connectivity index (χ4n) is 5.85. The highest BCUT2D eigenvalue weighted by Gasteiger charge is 2.50. The second kappa shape index (κ2) is 7.83. The van der Waals surface area contributed by atoms with E-state index < -0.39 is 7.14 Å². The normalized spacial score (nSPS) is 21.7. The van der Waals surface area contributed by atoms with Gasteiger partial charge in [-0.05, 0) is 46.9 Å². The lowest BCUT2D eigenvalue weighted by Gasteiger charge is -2.27. The highest BCUT2D eigenvalue weighted by Crippen LogP contribution is 2.74. The van der Waals surface area contributed by atoms with Crippen LogP contribution in [0.25, 0.3) is 22.0 Å². The van der Waals surface area contributed by atoms with Crippen LogP contribution >= 0.6 is 7.14 Å². The number of hydrogen-bond acceptors (Lipinski definition) is 2. The molecule has 2 heterocycles. The summed E-state index contributed by atoms with van der Waals surface area (Å²) >= 11 is 0. The maximum Gasteiger partial charge on any atom is 0.152 e. The molecule has 4 aromatic carbocycles. The van der Waals surface area contributed by atoms with Crippen molar-refractivity contribution in [1.82, 2.24) is 0 Å². The highest BCUT2D eigenvalue weighted by molar-refractivity contribution is 7.83. The molecule has 2 aliphatic heterocycles. The number of benzene rings is 4. The summed E-state index contributed by atoms with van der Waals surface area (Å²) in [6.07, 6.45) is 7.27. The molecule has 0 fully saturated rings. The average molecular weight is 470 g/mol. The van der Waals surface area contributed by atoms with E-state index in [0.717, 1.165) is 56.2 Å². The minimum absolute atomic E-state index is 0.0530. The summed E-state index contributed by atoms with van der Waals surface area (Å²) in [4.78, 5) is 0. The van der Waals surface area contributed by atoms with Gasteiger partial charge in [-0.1, -0.05) is 103 Å². The molecule has 168 valence electrons. The predicted molar refractivity (Wildman–Crippen MR) is 148 cm³/mol. The Morgan fingerprint density at radius 2 is 1.40 bits per heavy atom. The van der Waals surface area contributed by atoms with Crippen LogP contribution in [0.1, 0.15) is 17.5 Å². The molecular weight excluding hydrogens is 445 g/mol. The van der Waals surface area contributed by atoms with Gasteiger partial charge in [-0.25, -0.2) is 0 Å². The van der Waals surface area contributed by atoms with Crippen molar-refractivity contribution >= 4 is 34.7 Å². The van der Waals surface area contributed by atoms with Gasteiger partial charge >= 0.3 is 0 Å². The number of para-hydroxylation sites is 2. The van der Waals surface area contributed by atoms with E-state index in [-0.39, 0.29) is 5.66 Å². The Bertz CT molecular complexity index is 1630. The molecule has 3 heteroatoms. The van der Waals surface area contributed by atoms with Gasteiger partial charge in [0.15, 0.2) is 7.14 Å². The van der Waals surface area contributed by atoms with Crippen LogP contribution in [0, 0.1) is 0 Å². The third-order valence-corrected chi connectivity index (χ3v) is 11.0. The summed E-state index contributed by atoms with van der Waals surface area (Å²) in [7, 11) is -3.03. The van der Waals surface area contributed by atoms with Gasteiger partial charge in [0.05, 0.1) is 0 Å². The molecule has 2 atom stereocenters. The molecule has 3 aliphatic rings. The van der Waals surface area contributed by atoms with Crippen molar-refractivity contribution in [3.63, 3.8) is 0 Å². The van der Waals surface area contributed by atoms with E-state index in [1.165, 1.54) is 5.57 Å². The zero-order valence-electron chi connectivity index (χ0n) is 19.2. The molecule has 35 heavy (non-hydrogen) atoms. The second-order valence-corrected chi connectivity index (χ2v) is 12.2. The van der Waals surface area contributed by atoms with E-state index in [2.05, 4.69) is 115 Å². The molecule has 0 saturated carbocycles. The zero-order chi connectivity index (χ0) is 23.4. The van der Waals surface area contributed by atoms with E-state index in [1.807, 2.05) is 12.1 Å². The first-order valence-corrected chi connectivity index (χ1v) is 13.9. The van der Waals surface area contributed by atoms with Gasteiger partial charge in [-0.15, -0.1) is 0 Å². The number of fused-ring (bicyclic) bond motifs is 6. The fraction of sp³-hybridized carbons (Fsp3) is 0.0625. The van der Waals surface area contributed by atoms with E-state index in [4.69, 9.17) is 0 Å². The van der Waals surface area contributed by atoms with Crippen LogP contribution in [0.5, 0.6) is 0 Å². The molecule has 0 spiro atoms. The van der Waals surface area contributed by atoms with Gasteiger partial charge in [-0.3, -0.25) is 0 Å². The van der Waals surface area contributed by atoms with E-state index in [1.54, 1.807) is 0 Å². The SMILES string of the molecule is O=P1(c2cccc(-c3ccccc3)c2)C2=C(C3=CC=CCC31)c1ccccc1Nc1ccccc12. The zero-order valence-corrected chi connectivity index (χ0v) is 20.1. The van der Waals surface area contributed by atoms with Crippen molar-refractivity contribution in [2.75, 3.05) is 5.32 Å². The van der Waals surface area contributed by atoms with Crippen LogP contribution in [0.15, 0.2) is 127 Å². The number of rotatable bonds is 2. The molecule has 0 amide bonds. The Morgan fingerprint density at radius 3 is 2.23 bits per heavy atom. The average Bonchev–Trinajstić information content (AvgIpc) is 3.09. The lowest BCUT2D eigenvalue weighted by Crippen LogP contribution is -2.17. The number of anilines is 2. The maximum atomic E-state index is 15.7. The largest absolute Gasteiger partial charge is 0.355 e. The fourth-order valence-corrected chi connectivity index (χ4v) is 9.58. The summed E-state index contributed by atoms with van der Waals surface area (Å²) < 4.78 is 15.7. The van der Waals surface area contributed by atoms with Gasteiger partial charge in [-0.2, -0.15) is 0 Å². The molecule has 0 bridgehead atoms. The number of nitrogens with one attached hydrogen (secondary N) is 1. The third kappa shape index (κ3) is 3.00. The van der Waals surface area contributed by atoms with Gasteiger partial charge in [0.2, 0.25) is 0 Å². The number of hydrogen-bond donors (Lipinski definition) is 1. The summed E-state index contributed by atoms with van der Waals surface area (Å²) in [6.45, 7) is 0. The third-order valence-electron chi connectivity index (χ3n) is 7.41. The molecule has 7 rings (SSSR count). The first-order chi connectivity index (χ1) is 17.2. The Hall–Kier alpha value is -3.87. The van der Waals surface area contributed by atoms with E-state index >= 15 is 4.57 Å². The van der Waals surface area contributed by atoms with Crippen molar-refractivity contribution in [3.8, 4) is 11.1 Å². The van der Waals surface area contributed by atoms with Crippen LogP contribution in [0.4, 0.5) is 11.4 Å². The summed E-state index contributed by atoms with van der Waals surface area (Å²) in [5, 5.41) is 5.58. The minimum atomic E-state index is -3.03. The first kappa shape index (κ1) is 20.5. The quantitative estimate of drug-likeness (QED) is 0.300. The Balaban J connectivity index is 1.56. The summed E-state index contributed by atoms with van der Waals surface area (Å²) in [5.74, 6) is 0. The van der Waals surface area contributed by atoms with Crippen LogP contribution in [0.3, 0.4) is 0 Å². The van der Waals surface area contributed by atoms with Crippen LogP contribution in [0.2, 0.25) is 0 Å². The summed E-state index contributed by atoms with van der Waals surface area (Å²) in [5.41, 5.74) is 8.77. The Morgan fingerprint density at radius 1 is 0.714 bits per heavy atom. The molecule has 2 nitrogen and oxygen atoms in total. The highest BCUT2D eigenvalue weighted by atomic mass is 31.2. The van der Waals surface area contributed by atoms with Crippen LogP contribution in [-0.2, 0) is 4.57 Å². The number of allylic oxidation sites excluding steroid dienone is 5. The lowest BCUT2D eigenvalue weighted by atomic mass is 9.90. The smallest absolute Gasteiger partial charge is 0.152 e. The molecule has 2 unspecified atom stereocenters. The van der Waals surface area contributed by atoms with Crippen LogP contribution < -0.4 is 10.6 Å². The van der Waals surface area contributed by atoms with Crippen molar-refractivity contribution in [2.24, 2.45) is 0 Å². The molecule has 0 aromatic heterocycles. The maximum absolute atomic E-state index is 15.7. The van der Waals surface area contributed by atoms with E-state index in [0.29, 0.717) is 0 Å². The molecule has 0 saturated heterocycles. The lowest BCUT2D eigenvalue weighted by molar-refractivity contribution is 0.583.